The molecule has 1 fully saturated rings. The highest BCUT2D eigenvalue weighted by molar-refractivity contribution is 7.90. The predicted molar refractivity (Wildman–Crippen MR) is 86.2 cm³/mol. The van der Waals surface area contributed by atoms with Crippen LogP contribution >= 0.6 is 0 Å². The number of hydrogen-bond acceptors (Lipinski definition) is 4. The van der Waals surface area contributed by atoms with Crippen LogP contribution in [-0.4, -0.2) is 37.7 Å². The van der Waals surface area contributed by atoms with Crippen LogP contribution in [0, 0.1) is 19.8 Å². The number of amides is 2. The average molecular weight is 338 g/mol. The maximum atomic E-state index is 12.4. The van der Waals surface area contributed by atoms with E-state index in [-0.39, 0.29) is 29.8 Å². The lowest BCUT2D eigenvalue weighted by Gasteiger charge is -2.20. The molecule has 1 aromatic carbocycles. The second kappa shape index (κ2) is 6.31. The zero-order valence-corrected chi connectivity index (χ0v) is 14.6. The zero-order chi connectivity index (χ0) is 17.4. The summed E-state index contributed by atoms with van der Waals surface area (Å²) in [5, 5.41) is 0. The highest BCUT2D eigenvalue weighted by atomic mass is 32.2. The first-order valence-electron chi connectivity index (χ1n) is 7.55. The molecule has 0 aromatic heterocycles. The van der Waals surface area contributed by atoms with Crippen LogP contribution in [0.5, 0.6) is 0 Å². The lowest BCUT2D eigenvalue weighted by atomic mass is 10.1. The van der Waals surface area contributed by atoms with E-state index in [4.69, 9.17) is 0 Å². The van der Waals surface area contributed by atoms with Gasteiger partial charge >= 0.3 is 0 Å². The summed E-state index contributed by atoms with van der Waals surface area (Å²) < 4.78 is 26.9. The number of hydrogen-bond donors (Lipinski definition) is 1. The topological polar surface area (TPSA) is 83.5 Å². The van der Waals surface area contributed by atoms with Gasteiger partial charge in [-0.3, -0.25) is 9.59 Å². The molecule has 2 amide bonds. The molecule has 6 nitrogen and oxygen atoms in total. The molecule has 1 aliphatic heterocycles. The van der Waals surface area contributed by atoms with E-state index in [0.717, 1.165) is 5.56 Å². The van der Waals surface area contributed by atoms with Gasteiger partial charge in [0.25, 0.3) is 10.0 Å². The summed E-state index contributed by atoms with van der Waals surface area (Å²) in [6.45, 7) is 7.54. The molecule has 1 heterocycles. The van der Waals surface area contributed by atoms with Crippen molar-refractivity contribution in [3.8, 4) is 0 Å². The minimum Gasteiger partial charge on any atom is -0.339 e. The molecule has 126 valence electrons. The van der Waals surface area contributed by atoms with Gasteiger partial charge in [0.05, 0.1) is 10.8 Å². The number of carbonyl (C=O) groups excluding carboxylic acids is 2. The highest BCUT2D eigenvalue weighted by Crippen LogP contribution is 2.22. The van der Waals surface area contributed by atoms with Crippen molar-refractivity contribution in [1.82, 2.24) is 9.62 Å². The fourth-order valence-corrected chi connectivity index (χ4v) is 4.05. The van der Waals surface area contributed by atoms with Gasteiger partial charge in [-0.05, 0) is 39.3 Å². The SMILES string of the molecule is Cc1ccc(S(=O)(=O)NC(=O)[C@@H]2CC(=O)N(C(C)C)C2)c(C)c1. The van der Waals surface area contributed by atoms with Crippen molar-refractivity contribution >= 4 is 21.8 Å². The second-order valence-electron chi connectivity index (χ2n) is 6.28. The van der Waals surface area contributed by atoms with E-state index in [1.807, 2.05) is 20.8 Å². The zero-order valence-electron chi connectivity index (χ0n) is 13.8. The molecule has 1 aromatic rings. The van der Waals surface area contributed by atoms with Crippen molar-refractivity contribution in [3.05, 3.63) is 29.3 Å². The monoisotopic (exact) mass is 338 g/mol. The number of nitrogens with one attached hydrogen (secondary N) is 1. The predicted octanol–water partition coefficient (Wildman–Crippen LogP) is 1.37. The molecule has 0 unspecified atom stereocenters. The standard InChI is InChI=1S/C16H22N2O4S/c1-10(2)18-9-13(8-15(18)19)16(20)17-23(21,22)14-6-5-11(3)7-12(14)4/h5-7,10,13H,8-9H2,1-4H3,(H,17,20)/t13-/m1/s1. The third-order valence-electron chi connectivity index (χ3n) is 4.01. The van der Waals surface area contributed by atoms with Gasteiger partial charge in [-0.15, -0.1) is 0 Å². The molecule has 1 aliphatic rings. The Kier molecular flexibility index (Phi) is 4.79. The van der Waals surface area contributed by atoms with Crippen LogP contribution in [0.25, 0.3) is 0 Å². The summed E-state index contributed by atoms with van der Waals surface area (Å²) in [5.41, 5.74) is 1.53. The summed E-state index contributed by atoms with van der Waals surface area (Å²) in [4.78, 5) is 25.8. The normalized spacial score (nSPS) is 18.6. The van der Waals surface area contributed by atoms with Gasteiger partial charge in [0.15, 0.2) is 0 Å². The lowest BCUT2D eigenvalue weighted by molar-refractivity contribution is -0.129. The Morgan fingerprint density at radius 1 is 1.30 bits per heavy atom. The van der Waals surface area contributed by atoms with Crippen molar-refractivity contribution in [2.24, 2.45) is 5.92 Å². The smallest absolute Gasteiger partial charge is 0.264 e. The minimum atomic E-state index is -3.93. The number of benzene rings is 1. The summed E-state index contributed by atoms with van der Waals surface area (Å²) in [5.74, 6) is -1.38. The minimum absolute atomic E-state index is 0.00347. The number of carbonyl (C=O) groups is 2. The van der Waals surface area contributed by atoms with Crippen molar-refractivity contribution in [2.45, 2.75) is 45.1 Å². The molecular weight excluding hydrogens is 316 g/mol. The molecule has 1 saturated heterocycles. The number of aryl methyl sites for hydroxylation is 2. The molecular formula is C16H22N2O4S. The van der Waals surface area contributed by atoms with Crippen LogP contribution in [0.3, 0.4) is 0 Å². The van der Waals surface area contributed by atoms with E-state index in [1.54, 1.807) is 24.0 Å². The van der Waals surface area contributed by atoms with E-state index in [9.17, 15) is 18.0 Å². The van der Waals surface area contributed by atoms with Gasteiger partial charge in [0.1, 0.15) is 0 Å². The van der Waals surface area contributed by atoms with Crippen molar-refractivity contribution < 1.29 is 18.0 Å². The Bertz CT molecular complexity index is 740. The summed E-state index contributed by atoms with van der Waals surface area (Å²) in [7, 11) is -3.93. The van der Waals surface area contributed by atoms with Crippen molar-refractivity contribution in [1.29, 1.82) is 0 Å². The third kappa shape index (κ3) is 3.72. The summed E-state index contributed by atoms with van der Waals surface area (Å²) in [6.07, 6.45) is 0.0480. The molecule has 1 atom stereocenters. The fraction of sp³-hybridized carbons (Fsp3) is 0.500. The second-order valence-corrected chi connectivity index (χ2v) is 7.93. The Balaban J connectivity index is 2.15. The van der Waals surface area contributed by atoms with Gasteiger partial charge in [-0.2, -0.15) is 0 Å². The summed E-state index contributed by atoms with van der Waals surface area (Å²) >= 11 is 0. The average Bonchev–Trinajstić information content (AvgIpc) is 2.80. The Hall–Kier alpha value is -1.89. The number of rotatable bonds is 4. The molecule has 0 spiro atoms. The first-order chi connectivity index (χ1) is 10.6. The van der Waals surface area contributed by atoms with E-state index in [0.29, 0.717) is 5.56 Å². The fourth-order valence-electron chi connectivity index (χ4n) is 2.78. The highest BCUT2D eigenvalue weighted by Gasteiger charge is 2.37. The Morgan fingerprint density at radius 3 is 2.48 bits per heavy atom. The van der Waals surface area contributed by atoms with E-state index < -0.39 is 21.8 Å². The van der Waals surface area contributed by atoms with Gasteiger partial charge in [-0.1, -0.05) is 17.7 Å². The molecule has 7 heteroatoms. The maximum absolute atomic E-state index is 12.4. The number of sulfonamides is 1. The van der Waals surface area contributed by atoms with Crippen molar-refractivity contribution in [2.75, 3.05) is 6.54 Å². The molecule has 2 rings (SSSR count). The van der Waals surface area contributed by atoms with Gasteiger partial charge in [0, 0.05) is 19.0 Å². The molecule has 0 bridgehead atoms. The van der Waals surface area contributed by atoms with Crippen LogP contribution < -0.4 is 4.72 Å². The van der Waals surface area contributed by atoms with Crippen LogP contribution in [0.4, 0.5) is 0 Å². The van der Waals surface area contributed by atoms with E-state index in [2.05, 4.69) is 4.72 Å². The molecule has 1 N–H and O–H groups in total. The van der Waals surface area contributed by atoms with Gasteiger partial charge < -0.3 is 4.90 Å². The first kappa shape index (κ1) is 17.5. The Morgan fingerprint density at radius 2 is 1.96 bits per heavy atom. The number of nitrogens with zero attached hydrogens (tertiary/aromatic N) is 1. The molecule has 0 saturated carbocycles. The van der Waals surface area contributed by atoms with Crippen LogP contribution in [0.2, 0.25) is 0 Å². The number of likely N-dealkylation sites (tertiary alicyclic amines) is 1. The molecule has 0 aliphatic carbocycles. The van der Waals surface area contributed by atoms with E-state index >= 15 is 0 Å². The Labute approximate surface area is 136 Å². The van der Waals surface area contributed by atoms with Gasteiger partial charge in [-0.25, -0.2) is 13.1 Å². The van der Waals surface area contributed by atoms with Crippen LogP contribution in [-0.2, 0) is 19.6 Å². The largest absolute Gasteiger partial charge is 0.339 e. The lowest BCUT2D eigenvalue weighted by Crippen LogP contribution is -2.38. The van der Waals surface area contributed by atoms with Crippen LogP contribution in [0.15, 0.2) is 23.1 Å². The van der Waals surface area contributed by atoms with E-state index in [1.165, 1.54) is 6.07 Å². The third-order valence-corrected chi connectivity index (χ3v) is 5.51. The molecule has 0 radical (unpaired) electrons. The molecule has 23 heavy (non-hydrogen) atoms. The quantitative estimate of drug-likeness (QED) is 0.898. The van der Waals surface area contributed by atoms with Crippen molar-refractivity contribution in [3.63, 3.8) is 0 Å². The van der Waals surface area contributed by atoms with Gasteiger partial charge in [0.2, 0.25) is 11.8 Å². The first-order valence-corrected chi connectivity index (χ1v) is 9.03. The maximum Gasteiger partial charge on any atom is 0.264 e. The van der Waals surface area contributed by atoms with Crippen LogP contribution in [0.1, 0.15) is 31.4 Å². The summed E-state index contributed by atoms with van der Waals surface area (Å²) in [6, 6.07) is 4.92.